The SMILES string of the molecule is COC(CN1CCN(C)CC1)c1ccccc1. The van der Waals surface area contributed by atoms with Crippen molar-refractivity contribution in [2.24, 2.45) is 0 Å². The van der Waals surface area contributed by atoms with Gasteiger partial charge in [0.05, 0.1) is 6.10 Å². The summed E-state index contributed by atoms with van der Waals surface area (Å²) in [6.45, 7) is 5.59. The van der Waals surface area contributed by atoms with Crippen LogP contribution >= 0.6 is 0 Å². The minimum absolute atomic E-state index is 0.194. The van der Waals surface area contributed by atoms with Crippen molar-refractivity contribution >= 4 is 0 Å². The normalized spacial score (nSPS) is 20.4. The Morgan fingerprint density at radius 1 is 1.12 bits per heavy atom. The Morgan fingerprint density at radius 2 is 1.76 bits per heavy atom. The van der Waals surface area contributed by atoms with Crippen LogP contribution < -0.4 is 0 Å². The molecule has 0 bridgehead atoms. The first kappa shape index (κ1) is 12.6. The van der Waals surface area contributed by atoms with Gasteiger partial charge in [0, 0.05) is 39.8 Å². The van der Waals surface area contributed by atoms with Crippen LogP contribution in [0.2, 0.25) is 0 Å². The van der Waals surface area contributed by atoms with Crippen LogP contribution in [0, 0.1) is 0 Å². The van der Waals surface area contributed by atoms with Crippen LogP contribution in [0.15, 0.2) is 30.3 Å². The summed E-state index contributed by atoms with van der Waals surface area (Å²) in [5, 5.41) is 0. The van der Waals surface area contributed by atoms with E-state index in [0.717, 1.165) is 32.7 Å². The average Bonchev–Trinajstić information content (AvgIpc) is 2.39. The Bertz CT molecular complexity index is 320. The highest BCUT2D eigenvalue weighted by Gasteiger charge is 2.18. The van der Waals surface area contributed by atoms with E-state index in [2.05, 4.69) is 41.1 Å². The monoisotopic (exact) mass is 234 g/mol. The van der Waals surface area contributed by atoms with Crippen molar-refractivity contribution in [3.05, 3.63) is 35.9 Å². The Hall–Kier alpha value is -0.900. The Morgan fingerprint density at radius 3 is 2.35 bits per heavy atom. The second-order valence-electron chi connectivity index (χ2n) is 4.74. The fourth-order valence-corrected chi connectivity index (χ4v) is 2.25. The summed E-state index contributed by atoms with van der Waals surface area (Å²) < 4.78 is 5.61. The van der Waals surface area contributed by atoms with Gasteiger partial charge in [0.1, 0.15) is 0 Å². The van der Waals surface area contributed by atoms with E-state index >= 15 is 0 Å². The molecule has 17 heavy (non-hydrogen) atoms. The first-order valence-electron chi connectivity index (χ1n) is 6.28. The van der Waals surface area contributed by atoms with E-state index in [9.17, 15) is 0 Å². The molecule has 3 nitrogen and oxygen atoms in total. The zero-order valence-electron chi connectivity index (χ0n) is 10.8. The van der Waals surface area contributed by atoms with Gasteiger partial charge in [0.15, 0.2) is 0 Å². The first-order chi connectivity index (χ1) is 8.29. The van der Waals surface area contributed by atoms with E-state index in [0.29, 0.717) is 0 Å². The number of methoxy groups -OCH3 is 1. The number of piperazine rings is 1. The molecule has 0 radical (unpaired) electrons. The third-order valence-corrected chi connectivity index (χ3v) is 3.48. The molecule has 1 aliphatic rings. The minimum atomic E-state index is 0.194. The fourth-order valence-electron chi connectivity index (χ4n) is 2.25. The molecule has 0 amide bonds. The van der Waals surface area contributed by atoms with E-state index in [4.69, 9.17) is 4.74 Å². The summed E-state index contributed by atoms with van der Waals surface area (Å²) in [6, 6.07) is 10.5. The summed E-state index contributed by atoms with van der Waals surface area (Å²) in [6.07, 6.45) is 0.194. The number of likely N-dealkylation sites (N-methyl/N-ethyl adjacent to an activating group) is 1. The molecule has 1 heterocycles. The molecule has 0 aliphatic carbocycles. The van der Waals surface area contributed by atoms with Gasteiger partial charge in [-0.05, 0) is 12.6 Å². The number of benzene rings is 1. The molecule has 0 saturated carbocycles. The summed E-state index contributed by atoms with van der Waals surface area (Å²) in [5.41, 5.74) is 1.27. The van der Waals surface area contributed by atoms with Crippen LogP contribution in [-0.2, 0) is 4.74 Å². The van der Waals surface area contributed by atoms with Crippen molar-refractivity contribution in [3.8, 4) is 0 Å². The van der Waals surface area contributed by atoms with Gasteiger partial charge in [-0.25, -0.2) is 0 Å². The van der Waals surface area contributed by atoms with Crippen LogP contribution in [0.5, 0.6) is 0 Å². The second kappa shape index (κ2) is 6.15. The molecule has 1 aromatic carbocycles. The highest BCUT2D eigenvalue weighted by atomic mass is 16.5. The molecule has 3 heteroatoms. The maximum atomic E-state index is 5.61. The highest BCUT2D eigenvalue weighted by Crippen LogP contribution is 2.18. The summed E-state index contributed by atoms with van der Waals surface area (Å²) in [5.74, 6) is 0. The van der Waals surface area contributed by atoms with Crippen LogP contribution in [0.25, 0.3) is 0 Å². The predicted molar refractivity (Wildman–Crippen MR) is 70.1 cm³/mol. The van der Waals surface area contributed by atoms with E-state index in [1.54, 1.807) is 7.11 Å². The number of nitrogens with zero attached hydrogens (tertiary/aromatic N) is 2. The summed E-state index contributed by atoms with van der Waals surface area (Å²) in [4.78, 5) is 4.86. The maximum absolute atomic E-state index is 5.61. The molecule has 0 aromatic heterocycles. The van der Waals surface area contributed by atoms with Crippen molar-refractivity contribution in [2.75, 3.05) is 46.9 Å². The van der Waals surface area contributed by atoms with Gasteiger partial charge in [-0.1, -0.05) is 30.3 Å². The standard InChI is InChI=1S/C14H22N2O/c1-15-8-10-16(11-9-15)12-14(17-2)13-6-4-3-5-7-13/h3-7,14H,8-12H2,1-2H3. The van der Waals surface area contributed by atoms with Crippen molar-refractivity contribution in [2.45, 2.75) is 6.10 Å². The number of ether oxygens (including phenoxy) is 1. The molecule has 1 atom stereocenters. The topological polar surface area (TPSA) is 15.7 Å². The third kappa shape index (κ3) is 3.53. The van der Waals surface area contributed by atoms with Crippen molar-refractivity contribution in [3.63, 3.8) is 0 Å². The van der Waals surface area contributed by atoms with Gasteiger partial charge in [0.25, 0.3) is 0 Å². The van der Waals surface area contributed by atoms with E-state index in [1.807, 2.05) is 6.07 Å². The lowest BCUT2D eigenvalue weighted by molar-refractivity contribution is 0.0461. The van der Waals surface area contributed by atoms with Gasteiger partial charge in [-0.3, -0.25) is 4.90 Å². The number of hydrogen-bond donors (Lipinski definition) is 0. The van der Waals surface area contributed by atoms with Crippen molar-refractivity contribution in [1.82, 2.24) is 9.80 Å². The van der Waals surface area contributed by atoms with E-state index in [-0.39, 0.29) is 6.10 Å². The van der Waals surface area contributed by atoms with Crippen molar-refractivity contribution < 1.29 is 4.74 Å². The fraction of sp³-hybridized carbons (Fsp3) is 0.571. The zero-order chi connectivity index (χ0) is 12.1. The van der Waals surface area contributed by atoms with Gasteiger partial charge >= 0.3 is 0 Å². The molecule has 2 rings (SSSR count). The highest BCUT2D eigenvalue weighted by molar-refractivity contribution is 5.17. The smallest absolute Gasteiger partial charge is 0.0947 e. The van der Waals surface area contributed by atoms with Gasteiger partial charge in [0.2, 0.25) is 0 Å². The minimum Gasteiger partial charge on any atom is -0.375 e. The molecule has 1 fully saturated rings. The molecular formula is C14H22N2O. The summed E-state index contributed by atoms with van der Waals surface area (Å²) in [7, 11) is 3.98. The van der Waals surface area contributed by atoms with E-state index < -0.39 is 0 Å². The molecule has 0 spiro atoms. The molecule has 1 aromatic rings. The summed E-state index contributed by atoms with van der Waals surface area (Å²) >= 11 is 0. The van der Waals surface area contributed by atoms with Crippen LogP contribution in [0.4, 0.5) is 0 Å². The second-order valence-corrected chi connectivity index (χ2v) is 4.74. The molecule has 0 N–H and O–H groups in total. The zero-order valence-corrected chi connectivity index (χ0v) is 10.8. The first-order valence-corrected chi connectivity index (χ1v) is 6.28. The quantitative estimate of drug-likeness (QED) is 0.787. The van der Waals surface area contributed by atoms with Crippen LogP contribution in [-0.4, -0.2) is 56.7 Å². The number of hydrogen-bond acceptors (Lipinski definition) is 3. The maximum Gasteiger partial charge on any atom is 0.0947 e. The van der Waals surface area contributed by atoms with Crippen LogP contribution in [0.1, 0.15) is 11.7 Å². The molecule has 1 aliphatic heterocycles. The van der Waals surface area contributed by atoms with Crippen molar-refractivity contribution in [1.29, 1.82) is 0 Å². The van der Waals surface area contributed by atoms with E-state index in [1.165, 1.54) is 5.56 Å². The lowest BCUT2D eigenvalue weighted by Gasteiger charge is -2.34. The van der Waals surface area contributed by atoms with Crippen LogP contribution in [0.3, 0.4) is 0 Å². The Balaban J connectivity index is 1.92. The average molecular weight is 234 g/mol. The van der Waals surface area contributed by atoms with Gasteiger partial charge in [-0.2, -0.15) is 0 Å². The Kier molecular flexibility index (Phi) is 4.54. The molecule has 1 saturated heterocycles. The largest absolute Gasteiger partial charge is 0.375 e. The molecular weight excluding hydrogens is 212 g/mol. The van der Waals surface area contributed by atoms with Gasteiger partial charge < -0.3 is 9.64 Å². The predicted octanol–water partition coefficient (Wildman–Crippen LogP) is 1.62. The third-order valence-electron chi connectivity index (χ3n) is 3.48. The lowest BCUT2D eigenvalue weighted by Crippen LogP contribution is -2.45. The van der Waals surface area contributed by atoms with Gasteiger partial charge in [-0.15, -0.1) is 0 Å². The number of rotatable bonds is 4. The molecule has 94 valence electrons. The molecule has 1 unspecified atom stereocenters. The lowest BCUT2D eigenvalue weighted by atomic mass is 10.1. The Labute approximate surface area is 104 Å².